The Labute approximate surface area is 83.6 Å². The molecule has 0 saturated heterocycles. The summed E-state index contributed by atoms with van der Waals surface area (Å²) in [6.45, 7) is 13.1. The fraction of sp³-hybridized carbons (Fsp3) is 0.909. The van der Waals surface area contributed by atoms with Gasteiger partial charge in [-0.05, 0) is 11.8 Å². The van der Waals surface area contributed by atoms with Crippen molar-refractivity contribution in [2.24, 2.45) is 17.3 Å². The van der Waals surface area contributed by atoms with E-state index in [1.807, 2.05) is 13.8 Å². The SMILES string of the molecule is CC(C)CNC(=O)C(C)(C)C(C)C.[HH]. The Balaban J connectivity index is 0. The van der Waals surface area contributed by atoms with Gasteiger partial charge < -0.3 is 5.32 Å². The molecule has 0 unspecified atom stereocenters. The quantitative estimate of drug-likeness (QED) is 0.720. The number of amides is 1. The van der Waals surface area contributed by atoms with Gasteiger partial charge in [-0.3, -0.25) is 4.79 Å². The molecule has 0 saturated carbocycles. The molecular formula is C11H25NO. The van der Waals surface area contributed by atoms with E-state index in [-0.39, 0.29) is 12.7 Å². The second-order valence-corrected chi connectivity index (χ2v) is 4.98. The molecule has 2 heteroatoms. The molecule has 0 rings (SSSR count). The first kappa shape index (κ1) is 12.5. The lowest BCUT2D eigenvalue weighted by molar-refractivity contribution is -0.131. The van der Waals surface area contributed by atoms with E-state index >= 15 is 0 Å². The van der Waals surface area contributed by atoms with Gasteiger partial charge in [-0.2, -0.15) is 0 Å². The molecule has 0 radical (unpaired) electrons. The van der Waals surface area contributed by atoms with Crippen LogP contribution in [0.1, 0.15) is 43.0 Å². The first-order valence-electron chi connectivity index (χ1n) is 5.06. The maximum Gasteiger partial charge on any atom is 0.225 e. The number of hydrogen-bond acceptors (Lipinski definition) is 1. The van der Waals surface area contributed by atoms with Crippen LogP contribution >= 0.6 is 0 Å². The molecule has 0 aliphatic carbocycles. The highest BCUT2D eigenvalue weighted by atomic mass is 16.2. The summed E-state index contributed by atoms with van der Waals surface area (Å²) in [4.78, 5) is 11.7. The van der Waals surface area contributed by atoms with E-state index in [1.165, 1.54) is 0 Å². The first-order chi connectivity index (χ1) is 5.78. The summed E-state index contributed by atoms with van der Waals surface area (Å²) >= 11 is 0. The van der Waals surface area contributed by atoms with Gasteiger partial charge in [0.1, 0.15) is 0 Å². The van der Waals surface area contributed by atoms with Crippen LogP contribution in [-0.2, 0) is 4.79 Å². The minimum Gasteiger partial charge on any atom is -0.355 e. The average Bonchev–Trinajstić information content (AvgIpc) is 1.99. The average molecular weight is 187 g/mol. The van der Waals surface area contributed by atoms with Gasteiger partial charge in [-0.1, -0.05) is 41.5 Å². The zero-order valence-electron chi connectivity index (χ0n) is 9.77. The molecule has 0 aromatic rings. The molecule has 0 atom stereocenters. The van der Waals surface area contributed by atoms with E-state index in [1.54, 1.807) is 0 Å². The lowest BCUT2D eigenvalue weighted by Crippen LogP contribution is -2.41. The molecule has 0 aliphatic heterocycles. The fourth-order valence-corrected chi connectivity index (χ4v) is 0.787. The largest absolute Gasteiger partial charge is 0.355 e. The Bertz CT molecular complexity index is 176. The van der Waals surface area contributed by atoms with Crippen LogP contribution in [0.5, 0.6) is 0 Å². The van der Waals surface area contributed by atoms with E-state index in [9.17, 15) is 4.79 Å². The van der Waals surface area contributed by atoms with Gasteiger partial charge in [0, 0.05) is 13.4 Å². The third kappa shape index (κ3) is 3.79. The lowest BCUT2D eigenvalue weighted by atomic mass is 9.80. The Morgan fingerprint density at radius 3 is 2.08 bits per heavy atom. The summed E-state index contributed by atoms with van der Waals surface area (Å²) in [6, 6.07) is 0. The van der Waals surface area contributed by atoms with Crippen LogP contribution in [0.3, 0.4) is 0 Å². The first-order valence-corrected chi connectivity index (χ1v) is 5.06. The van der Waals surface area contributed by atoms with Gasteiger partial charge in [0.15, 0.2) is 0 Å². The van der Waals surface area contributed by atoms with E-state index in [0.717, 1.165) is 6.54 Å². The van der Waals surface area contributed by atoms with E-state index in [2.05, 4.69) is 33.0 Å². The third-order valence-corrected chi connectivity index (χ3v) is 2.70. The van der Waals surface area contributed by atoms with Crippen molar-refractivity contribution >= 4 is 5.91 Å². The van der Waals surface area contributed by atoms with Crippen molar-refractivity contribution in [3.63, 3.8) is 0 Å². The van der Waals surface area contributed by atoms with Crippen LogP contribution in [0, 0.1) is 17.3 Å². The molecular weight excluding hydrogens is 162 g/mol. The van der Waals surface area contributed by atoms with Crippen LogP contribution in [0.25, 0.3) is 0 Å². The lowest BCUT2D eigenvalue weighted by Gasteiger charge is -2.28. The van der Waals surface area contributed by atoms with Crippen molar-refractivity contribution in [3.05, 3.63) is 0 Å². The highest BCUT2D eigenvalue weighted by Gasteiger charge is 2.30. The third-order valence-electron chi connectivity index (χ3n) is 2.70. The number of nitrogens with one attached hydrogen (secondary N) is 1. The molecule has 0 aromatic carbocycles. The van der Waals surface area contributed by atoms with Crippen molar-refractivity contribution in [2.75, 3.05) is 6.54 Å². The zero-order chi connectivity index (χ0) is 10.6. The smallest absolute Gasteiger partial charge is 0.225 e. The fourth-order valence-electron chi connectivity index (χ4n) is 0.787. The molecule has 0 heterocycles. The van der Waals surface area contributed by atoms with Gasteiger partial charge in [0.05, 0.1) is 0 Å². The summed E-state index contributed by atoms with van der Waals surface area (Å²) in [5, 5.41) is 2.96. The Morgan fingerprint density at radius 2 is 1.77 bits per heavy atom. The Morgan fingerprint density at radius 1 is 1.31 bits per heavy atom. The summed E-state index contributed by atoms with van der Waals surface area (Å²) in [7, 11) is 0. The van der Waals surface area contributed by atoms with E-state index in [0.29, 0.717) is 11.8 Å². The van der Waals surface area contributed by atoms with E-state index < -0.39 is 0 Å². The number of carbonyl (C=O) groups is 1. The maximum absolute atomic E-state index is 11.7. The van der Waals surface area contributed by atoms with Crippen LogP contribution in [0.15, 0.2) is 0 Å². The van der Waals surface area contributed by atoms with Crippen molar-refractivity contribution in [2.45, 2.75) is 41.5 Å². The molecule has 80 valence electrons. The van der Waals surface area contributed by atoms with Gasteiger partial charge in [-0.25, -0.2) is 0 Å². The molecule has 0 fully saturated rings. The van der Waals surface area contributed by atoms with Gasteiger partial charge in [-0.15, -0.1) is 0 Å². The second kappa shape index (κ2) is 4.64. The predicted octanol–water partition coefficient (Wildman–Crippen LogP) is 2.69. The second-order valence-electron chi connectivity index (χ2n) is 4.98. The number of hydrogen-bond donors (Lipinski definition) is 1. The Hall–Kier alpha value is -0.530. The zero-order valence-corrected chi connectivity index (χ0v) is 9.77. The summed E-state index contributed by atoms with van der Waals surface area (Å²) in [5.74, 6) is 1.06. The normalized spacial score (nSPS) is 12.3. The highest BCUT2D eigenvalue weighted by molar-refractivity contribution is 5.81. The predicted molar refractivity (Wildman–Crippen MR) is 58.6 cm³/mol. The molecule has 13 heavy (non-hydrogen) atoms. The highest BCUT2D eigenvalue weighted by Crippen LogP contribution is 2.25. The van der Waals surface area contributed by atoms with Crippen LogP contribution in [-0.4, -0.2) is 12.5 Å². The number of carbonyl (C=O) groups excluding carboxylic acids is 1. The van der Waals surface area contributed by atoms with Crippen LogP contribution in [0.2, 0.25) is 0 Å². The summed E-state index contributed by atoms with van der Waals surface area (Å²) in [5.41, 5.74) is -0.255. The summed E-state index contributed by atoms with van der Waals surface area (Å²) < 4.78 is 0. The molecule has 1 N–H and O–H groups in total. The number of rotatable bonds is 4. The molecule has 0 aliphatic rings. The topological polar surface area (TPSA) is 29.1 Å². The minimum atomic E-state index is -0.255. The van der Waals surface area contributed by atoms with Crippen LogP contribution < -0.4 is 5.32 Å². The van der Waals surface area contributed by atoms with Gasteiger partial charge in [0.2, 0.25) is 5.91 Å². The minimum absolute atomic E-state index is 0. The molecule has 0 spiro atoms. The Kier molecular flexibility index (Phi) is 4.45. The molecule has 2 nitrogen and oxygen atoms in total. The molecule has 1 amide bonds. The molecule has 0 aromatic heterocycles. The van der Waals surface area contributed by atoms with Crippen molar-refractivity contribution in [1.29, 1.82) is 0 Å². The molecule has 0 bridgehead atoms. The van der Waals surface area contributed by atoms with Crippen molar-refractivity contribution in [1.82, 2.24) is 5.32 Å². The van der Waals surface area contributed by atoms with Gasteiger partial charge >= 0.3 is 0 Å². The van der Waals surface area contributed by atoms with Crippen LogP contribution in [0.4, 0.5) is 0 Å². The van der Waals surface area contributed by atoms with E-state index in [4.69, 9.17) is 0 Å². The van der Waals surface area contributed by atoms with Gasteiger partial charge in [0.25, 0.3) is 0 Å². The van der Waals surface area contributed by atoms with Crippen molar-refractivity contribution in [3.8, 4) is 0 Å². The summed E-state index contributed by atoms with van der Waals surface area (Å²) in [6.07, 6.45) is 0. The monoisotopic (exact) mass is 187 g/mol. The standard InChI is InChI=1S/C11H23NO.H2/c1-8(2)7-12-10(13)11(5,6)9(3)4;/h8-9H,7H2,1-6H3,(H,12,13);1H. The maximum atomic E-state index is 11.7. The van der Waals surface area contributed by atoms with Crippen molar-refractivity contribution < 1.29 is 6.22 Å².